The van der Waals surface area contributed by atoms with E-state index in [0.717, 1.165) is 30.4 Å². The number of rotatable bonds is 10. The van der Waals surface area contributed by atoms with Crippen molar-refractivity contribution in [1.29, 1.82) is 0 Å². The Hall–Kier alpha value is -3.35. The summed E-state index contributed by atoms with van der Waals surface area (Å²) in [6.07, 6.45) is 4.56. The van der Waals surface area contributed by atoms with Gasteiger partial charge in [0.1, 0.15) is 6.61 Å². The molecule has 0 aromatic heterocycles. The molecule has 2 fully saturated rings. The smallest absolute Gasteiger partial charge is 0.407 e. The molecule has 1 atom stereocenters. The molecule has 3 aliphatic carbocycles. The average molecular weight is 477 g/mol. The number of hydrogen-bond donors (Lipinski definition) is 3. The Balaban J connectivity index is 1.18. The van der Waals surface area contributed by atoms with Crippen LogP contribution in [0.2, 0.25) is 0 Å². The molecule has 7 nitrogen and oxygen atoms in total. The van der Waals surface area contributed by atoms with E-state index in [-0.39, 0.29) is 31.4 Å². The van der Waals surface area contributed by atoms with Gasteiger partial charge in [0.25, 0.3) is 0 Å². The standard InChI is InChI=1S/C28H32N2O5/c31-25(32)15-28(12-5-13-28)30-26(33)19(14-18-10-11-18)16-29-27(34)35-17-24-22-8-3-1-6-20(22)21-7-2-4-9-23(21)24/h1-4,6-9,18-19,24H,5,10-17H2,(H,29,34)(H,30,33)(H,31,32). The summed E-state index contributed by atoms with van der Waals surface area (Å²) in [7, 11) is 0. The van der Waals surface area contributed by atoms with Crippen molar-refractivity contribution >= 4 is 18.0 Å². The molecule has 2 saturated carbocycles. The summed E-state index contributed by atoms with van der Waals surface area (Å²) in [5.41, 5.74) is 4.00. The molecule has 2 amide bonds. The van der Waals surface area contributed by atoms with Gasteiger partial charge in [-0.1, -0.05) is 61.4 Å². The third-order valence-corrected chi connectivity index (χ3v) is 7.71. The topological polar surface area (TPSA) is 105 Å². The zero-order valence-electron chi connectivity index (χ0n) is 19.8. The van der Waals surface area contributed by atoms with E-state index in [1.165, 1.54) is 11.1 Å². The summed E-state index contributed by atoms with van der Waals surface area (Å²) in [4.78, 5) is 36.9. The van der Waals surface area contributed by atoms with Crippen molar-refractivity contribution in [3.05, 3.63) is 59.7 Å². The molecule has 0 heterocycles. The molecule has 7 heteroatoms. The lowest BCUT2D eigenvalue weighted by Crippen LogP contribution is -2.57. The largest absolute Gasteiger partial charge is 0.481 e. The Kier molecular flexibility index (Phi) is 6.50. The molecule has 2 aromatic carbocycles. The number of carbonyl (C=O) groups excluding carboxylic acids is 2. The van der Waals surface area contributed by atoms with Crippen LogP contribution in [0.5, 0.6) is 0 Å². The van der Waals surface area contributed by atoms with E-state index in [1.807, 2.05) is 24.3 Å². The van der Waals surface area contributed by atoms with Crippen LogP contribution < -0.4 is 10.6 Å². The molecule has 2 aromatic rings. The second-order valence-electron chi connectivity index (χ2n) is 10.3. The highest BCUT2D eigenvalue weighted by molar-refractivity contribution is 5.82. The van der Waals surface area contributed by atoms with E-state index in [4.69, 9.17) is 4.74 Å². The van der Waals surface area contributed by atoms with E-state index < -0.39 is 23.5 Å². The minimum absolute atomic E-state index is 0.0202. The first-order chi connectivity index (χ1) is 16.9. The highest BCUT2D eigenvalue weighted by atomic mass is 16.5. The highest BCUT2D eigenvalue weighted by Gasteiger charge is 2.42. The quantitative estimate of drug-likeness (QED) is 0.470. The Bertz CT molecular complexity index is 1080. The molecule has 1 unspecified atom stereocenters. The number of fused-ring (bicyclic) bond motifs is 3. The van der Waals surface area contributed by atoms with Gasteiger partial charge in [0, 0.05) is 12.5 Å². The summed E-state index contributed by atoms with van der Waals surface area (Å²) >= 11 is 0. The number of alkyl carbamates (subject to hydrolysis) is 1. The summed E-state index contributed by atoms with van der Waals surface area (Å²) in [5.74, 6) is -0.994. The molecule has 0 bridgehead atoms. The van der Waals surface area contributed by atoms with Crippen molar-refractivity contribution in [2.24, 2.45) is 11.8 Å². The second kappa shape index (κ2) is 9.72. The lowest BCUT2D eigenvalue weighted by molar-refractivity contribution is -0.140. The monoisotopic (exact) mass is 476 g/mol. The Morgan fingerprint density at radius 3 is 2.17 bits per heavy atom. The number of carbonyl (C=O) groups is 3. The van der Waals surface area contributed by atoms with Gasteiger partial charge < -0.3 is 20.5 Å². The van der Waals surface area contributed by atoms with Gasteiger partial charge >= 0.3 is 12.1 Å². The molecule has 0 aliphatic heterocycles. The summed E-state index contributed by atoms with van der Waals surface area (Å²) in [5, 5.41) is 15.0. The SMILES string of the molecule is O=C(O)CC1(NC(=O)C(CNC(=O)OCC2c3ccccc3-c3ccccc32)CC2CC2)CCC1. The molecule has 0 radical (unpaired) electrons. The predicted octanol–water partition coefficient (Wildman–Crippen LogP) is 4.46. The normalized spacial score (nSPS) is 18.5. The number of hydrogen-bond acceptors (Lipinski definition) is 4. The minimum atomic E-state index is -0.902. The molecular formula is C28H32N2O5. The van der Waals surface area contributed by atoms with Crippen LogP contribution in [0, 0.1) is 11.8 Å². The van der Waals surface area contributed by atoms with Gasteiger partial charge in [-0.3, -0.25) is 9.59 Å². The minimum Gasteiger partial charge on any atom is -0.481 e. The first-order valence-electron chi connectivity index (χ1n) is 12.6. The van der Waals surface area contributed by atoms with Gasteiger partial charge in [0.2, 0.25) is 5.91 Å². The molecule has 35 heavy (non-hydrogen) atoms. The molecule has 3 N–H and O–H groups in total. The third-order valence-electron chi connectivity index (χ3n) is 7.71. The lowest BCUT2D eigenvalue weighted by Gasteiger charge is -2.42. The van der Waals surface area contributed by atoms with Gasteiger partial charge in [-0.2, -0.15) is 0 Å². The van der Waals surface area contributed by atoms with Gasteiger partial charge in [0.15, 0.2) is 0 Å². The number of carboxylic acid groups (broad SMARTS) is 1. The van der Waals surface area contributed by atoms with Crippen LogP contribution in [0.3, 0.4) is 0 Å². The van der Waals surface area contributed by atoms with Crippen LogP contribution in [0.15, 0.2) is 48.5 Å². The van der Waals surface area contributed by atoms with Gasteiger partial charge in [-0.15, -0.1) is 0 Å². The second-order valence-corrected chi connectivity index (χ2v) is 10.3. The maximum atomic E-state index is 13.1. The zero-order valence-corrected chi connectivity index (χ0v) is 19.8. The van der Waals surface area contributed by atoms with Crippen molar-refractivity contribution < 1.29 is 24.2 Å². The van der Waals surface area contributed by atoms with Crippen LogP contribution in [-0.4, -0.2) is 41.8 Å². The van der Waals surface area contributed by atoms with Gasteiger partial charge in [-0.25, -0.2) is 4.79 Å². The van der Waals surface area contributed by atoms with Crippen LogP contribution >= 0.6 is 0 Å². The van der Waals surface area contributed by atoms with E-state index in [9.17, 15) is 19.5 Å². The Labute approximate surface area is 205 Å². The van der Waals surface area contributed by atoms with Gasteiger partial charge in [-0.05, 0) is 53.9 Å². The first kappa shape index (κ1) is 23.4. The van der Waals surface area contributed by atoms with Crippen molar-refractivity contribution in [1.82, 2.24) is 10.6 Å². The van der Waals surface area contributed by atoms with Crippen molar-refractivity contribution in [3.63, 3.8) is 0 Å². The predicted molar refractivity (Wildman–Crippen MR) is 131 cm³/mol. The molecule has 3 aliphatic rings. The number of amides is 2. The summed E-state index contributed by atoms with van der Waals surface area (Å²) in [6, 6.07) is 16.4. The fraction of sp³-hybridized carbons (Fsp3) is 0.464. The number of carboxylic acids is 1. The van der Waals surface area contributed by atoms with Gasteiger partial charge in [0.05, 0.1) is 17.9 Å². The lowest BCUT2D eigenvalue weighted by atomic mass is 9.74. The fourth-order valence-electron chi connectivity index (χ4n) is 5.50. The Morgan fingerprint density at radius 2 is 1.63 bits per heavy atom. The van der Waals surface area contributed by atoms with Crippen LogP contribution in [0.4, 0.5) is 4.79 Å². The number of aliphatic carboxylic acids is 1. The first-order valence-corrected chi connectivity index (χ1v) is 12.6. The summed E-state index contributed by atoms with van der Waals surface area (Å²) < 4.78 is 5.62. The van der Waals surface area contributed by atoms with Crippen LogP contribution in [-0.2, 0) is 14.3 Å². The van der Waals surface area contributed by atoms with Crippen LogP contribution in [0.1, 0.15) is 62.0 Å². The number of nitrogens with one attached hydrogen (secondary N) is 2. The maximum Gasteiger partial charge on any atom is 0.407 e. The number of benzene rings is 2. The number of ether oxygens (including phenoxy) is 1. The van der Waals surface area contributed by atoms with E-state index in [0.29, 0.717) is 25.2 Å². The van der Waals surface area contributed by atoms with Crippen molar-refractivity contribution in [2.45, 2.75) is 56.4 Å². The maximum absolute atomic E-state index is 13.1. The zero-order chi connectivity index (χ0) is 24.4. The third kappa shape index (κ3) is 5.19. The van der Waals surface area contributed by atoms with Crippen molar-refractivity contribution in [2.75, 3.05) is 13.2 Å². The molecule has 0 spiro atoms. The van der Waals surface area contributed by atoms with Crippen LogP contribution in [0.25, 0.3) is 11.1 Å². The fourth-order valence-corrected chi connectivity index (χ4v) is 5.50. The van der Waals surface area contributed by atoms with Crippen molar-refractivity contribution in [3.8, 4) is 11.1 Å². The van der Waals surface area contributed by atoms with E-state index in [1.54, 1.807) is 0 Å². The summed E-state index contributed by atoms with van der Waals surface area (Å²) in [6.45, 7) is 0.406. The Morgan fingerprint density at radius 1 is 1.00 bits per heavy atom. The highest BCUT2D eigenvalue weighted by Crippen LogP contribution is 2.44. The van der Waals surface area contributed by atoms with E-state index >= 15 is 0 Å². The molecule has 5 rings (SSSR count). The average Bonchev–Trinajstić information content (AvgIpc) is 3.59. The van der Waals surface area contributed by atoms with E-state index in [2.05, 4.69) is 34.9 Å². The molecule has 0 saturated heterocycles. The molecular weight excluding hydrogens is 444 g/mol. The molecule has 184 valence electrons.